The third-order valence-electron chi connectivity index (χ3n) is 3.18. The second kappa shape index (κ2) is 16.4. The molecule has 0 spiro atoms. The Morgan fingerprint density at radius 3 is 1.65 bits per heavy atom. The number of rotatable bonds is 14. The number of unbranched alkanes of at least 4 members (excludes halogenated alkanes) is 10. The maximum atomic E-state index is 3.88. The zero-order valence-corrected chi connectivity index (χ0v) is 12.8. The van der Waals surface area contributed by atoms with Crippen LogP contribution in [0.5, 0.6) is 0 Å². The molecule has 103 valence electrons. The maximum Gasteiger partial charge on any atom is -0.00675 e. The van der Waals surface area contributed by atoms with Gasteiger partial charge < -0.3 is 0 Å². The molecule has 0 N–H and O–H groups in total. The van der Waals surface area contributed by atoms with E-state index in [1.165, 1.54) is 82.1 Å². The van der Waals surface area contributed by atoms with E-state index in [1.54, 1.807) is 0 Å². The highest BCUT2D eigenvalue weighted by Gasteiger charge is 1.93. The molecular formula is C16H33S. The molecule has 0 aromatic heterocycles. The van der Waals surface area contributed by atoms with Gasteiger partial charge in [-0.1, -0.05) is 78.1 Å². The molecule has 1 radical (unpaired) electrons. The van der Waals surface area contributed by atoms with Crippen molar-refractivity contribution in [3.05, 3.63) is 6.92 Å². The minimum Gasteiger partial charge on any atom is -0.162 e. The largest absolute Gasteiger partial charge is 0.162 e. The van der Waals surface area contributed by atoms with Crippen LogP contribution in [0.2, 0.25) is 0 Å². The Morgan fingerprint density at radius 1 is 0.647 bits per heavy atom. The fourth-order valence-electron chi connectivity index (χ4n) is 2.00. The first-order chi connectivity index (χ1) is 8.41. The minimum atomic E-state index is 1.12. The lowest BCUT2D eigenvalue weighted by Crippen LogP contribution is -1.86. The van der Waals surface area contributed by atoms with E-state index in [4.69, 9.17) is 0 Å². The molecule has 1 heteroatoms. The summed E-state index contributed by atoms with van der Waals surface area (Å²) in [6, 6.07) is 0. The maximum absolute atomic E-state index is 3.88. The molecule has 0 unspecified atom stereocenters. The van der Waals surface area contributed by atoms with Gasteiger partial charge in [-0.25, -0.2) is 0 Å². The highest BCUT2D eigenvalue weighted by Crippen LogP contribution is 2.13. The molecule has 0 atom stereocenters. The second-order valence-corrected chi connectivity index (χ2v) is 6.23. The summed E-state index contributed by atoms with van der Waals surface area (Å²) in [6.45, 7) is 6.16. The van der Waals surface area contributed by atoms with Gasteiger partial charge in [0.2, 0.25) is 0 Å². The molecule has 0 amide bonds. The Balaban J connectivity index is 2.85. The summed E-state index contributed by atoms with van der Waals surface area (Å²) < 4.78 is 0. The van der Waals surface area contributed by atoms with Crippen molar-refractivity contribution in [2.75, 3.05) is 11.5 Å². The van der Waals surface area contributed by atoms with E-state index in [2.05, 4.69) is 25.6 Å². The van der Waals surface area contributed by atoms with E-state index in [0.717, 1.165) is 6.42 Å². The standard InChI is InChI=1S/C16H33S/c1-3-5-7-9-11-13-15-17-16-14-12-10-8-6-4-2/h1,3-16H2,2H3. The van der Waals surface area contributed by atoms with Crippen molar-refractivity contribution in [3.63, 3.8) is 0 Å². The lowest BCUT2D eigenvalue weighted by molar-refractivity contribution is 0.626. The SMILES string of the molecule is [CH2]CCCCCCCSCCCCCCCC. The summed E-state index contributed by atoms with van der Waals surface area (Å²) in [5, 5.41) is 0. The van der Waals surface area contributed by atoms with Crippen LogP contribution in [0, 0.1) is 6.92 Å². The molecule has 0 aromatic rings. The lowest BCUT2D eigenvalue weighted by atomic mass is 10.1. The van der Waals surface area contributed by atoms with Crippen LogP contribution in [0.3, 0.4) is 0 Å². The number of thioether (sulfide) groups is 1. The Labute approximate surface area is 114 Å². The fourth-order valence-corrected chi connectivity index (χ4v) is 3.02. The van der Waals surface area contributed by atoms with Crippen LogP contribution in [0.25, 0.3) is 0 Å². The van der Waals surface area contributed by atoms with Gasteiger partial charge in [0.25, 0.3) is 0 Å². The van der Waals surface area contributed by atoms with Gasteiger partial charge in [-0.2, -0.15) is 11.8 Å². The average Bonchev–Trinajstić information content (AvgIpc) is 2.35. The summed E-state index contributed by atoms with van der Waals surface area (Å²) in [6.07, 6.45) is 16.7. The van der Waals surface area contributed by atoms with Crippen molar-refractivity contribution in [3.8, 4) is 0 Å². The Kier molecular flexibility index (Phi) is 16.7. The van der Waals surface area contributed by atoms with Crippen molar-refractivity contribution in [2.45, 2.75) is 84.0 Å². The van der Waals surface area contributed by atoms with Crippen LogP contribution < -0.4 is 0 Å². The van der Waals surface area contributed by atoms with Gasteiger partial charge in [-0.3, -0.25) is 0 Å². The van der Waals surface area contributed by atoms with Gasteiger partial charge in [0.1, 0.15) is 0 Å². The van der Waals surface area contributed by atoms with Gasteiger partial charge in [-0.15, -0.1) is 0 Å². The van der Waals surface area contributed by atoms with Gasteiger partial charge in [0.05, 0.1) is 0 Å². The fraction of sp³-hybridized carbons (Fsp3) is 0.938. The van der Waals surface area contributed by atoms with Gasteiger partial charge in [-0.05, 0) is 24.3 Å². The summed E-state index contributed by atoms with van der Waals surface area (Å²) >= 11 is 2.17. The van der Waals surface area contributed by atoms with E-state index in [0.29, 0.717) is 0 Å². The summed E-state index contributed by atoms with van der Waals surface area (Å²) in [7, 11) is 0. The Bertz CT molecular complexity index is 109. The van der Waals surface area contributed by atoms with Crippen molar-refractivity contribution in [1.29, 1.82) is 0 Å². The molecule has 0 aromatic carbocycles. The molecule has 0 aliphatic heterocycles. The Hall–Kier alpha value is 0.350. The van der Waals surface area contributed by atoms with Crippen molar-refractivity contribution in [1.82, 2.24) is 0 Å². The minimum absolute atomic E-state index is 1.12. The van der Waals surface area contributed by atoms with Crippen LogP contribution >= 0.6 is 11.8 Å². The first-order valence-electron chi connectivity index (χ1n) is 7.78. The highest BCUT2D eigenvalue weighted by molar-refractivity contribution is 7.99. The zero-order valence-electron chi connectivity index (χ0n) is 12.0. The molecule has 0 saturated heterocycles. The van der Waals surface area contributed by atoms with E-state index in [1.807, 2.05) is 0 Å². The van der Waals surface area contributed by atoms with Crippen LogP contribution in [-0.4, -0.2) is 11.5 Å². The summed E-state index contributed by atoms with van der Waals surface area (Å²) in [5.74, 6) is 2.78. The van der Waals surface area contributed by atoms with Gasteiger partial charge in [0, 0.05) is 0 Å². The average molecular weight is 258 g/mol. The van der Waals surface area contributed by atoms with Gasteiger partial charge >= 0.3 is 0 Å². The van der Waals surface area contributed by atoms with Crippen LogP contribution in [0.15, 0.2) is 0 Å². The quantitative estimate of drug-likeness (QED) is 0.331. The second-order valence-electron chi connectivity index (χ2n) is 5.00. The zero-order chi connectivity index (χ0) is 12.6. The molecule has 0 nitrogen and oxygen atoms in total. The number of hydrogen-bond acceptors (Lipinski definition) is 1. The molecule has 0 fully saturated rings. The first kappa shape index (κ1) is 17.4. The van der Waals surface area contributed by atoms with Crippen molar-refractivity contribution < 1.29 is 0 Å². The van der Waals surface area contributed by atoms with E-state index >= 15 is 0 Å². The van der Waals surface area contributed by atoms with E-state index < -0.39 is 0 Å². The molecule has 0 bridgehead atoms. The van der Waals surface area contributed by atoms with Crippen LogP contribution in [-0.2, 0) is 0 Å². The molecule has 17 heavy (non-hydrogen) atoms. The summed E-state index contributed by atoms with van der Waals surface area (Å²) in [4.78, 5) is 0. The smallest absolute Gasteiger partial charge is 0.00675 e. The monoisotopic (exact) mass is 257 g/mol. The van der Waals surface area contributed by atoms with E-state index in [-0.39, 0.29) is 0 Å². The van der Waals surface area contributed by atoms with Crippen LogP contribution in [0.4, 0.5) is 0 Å². The Morgan fingerprint density at radius 2 is 1.12 bits per heavy atom. The van der Waals surface area contributed by atoms with Crippen LogP contribution in [0.1, 0.15) is 84.0 Å². The molecule has 0 aliphatic rings. The highest BCUT2D eigenvalue weighted by atomic mass is 32.2. The molecule has 0 rings (SSSR count). The third kappa shape index (κ3) is 16.4. The summed E-state index contributed by atoms with van der Waals surface area (Å²) in [5.41, 5.74) is 0. The lowest BCUT2D eigenvalue weighted by Gasteiger charge is -2.02. The molecular weight excluding hydrogens is 224 g/mol. The third-order valence-corrected chi connectivity index (χ3v) is 4.34. The normalized spacial score (nSPS) is 10.9. The predicted molar refractivity (Wildman–Crippen MR) is 83.8 cm³/mol. The van der Waals surface area contributed by atoms with Crippen molar-refractivity contribution in [2.24, 2.45) is 0 Å². The predicted octanol–water partition coefficient (Wildman–Crippen LogP) is 6.25. The van der Waals surface area contributed by atoms with Gasteiger partial charge in [0.15, 0.2) is 0 Å². The van der Waals surface area contributed by atoms with E-state index in [9.17, 15) is 0 Å². The molecule has 0 aliphatic carbocycles. The van der Waals surface area contributed by atoms with Crippen molar-refractivity contribution >= 4 is 11.8 Å². The number of hydrogen-bond donors (Lipinski definition) is 0. The molecule has 0 saturated carbocycles. The topological polar surface area (TPSA) is 0 Å². The molecule has 0 heterocycles. The first-order valence-corrected chi connectivity index (χ1v) is 8.94.